The maximum atomic E-state index is 11.9. The quantitative estimate of drug-likeness (QED) is 0.804. The monoisotopic (exact) mass is 250 g/mol. The molecule has 1 saturated heterocycles. The van der Waals surface area contributed by atoms with Gasteiger partial charge in [0.1, 0.15) is 12.6 Å². The molecule has 90 valence electrons. The van der Waals surface area contributed by atoms with Gasteiger partial charge in [-0.25, -0.2) is 0 Å². The molecule has 0 bridgehead atoms. The lowest BCUT2D eigenvalue weighted by Crippen LogP contribution is -2.57. The van der Waals surface area contributed by atoms with Crippen LogP contribution in [0.15, 0.2) is 29.2 Å². The second-order valence-electron chi connectivity index (χ2n) is 3.91. The zero-order chi connectivity index (χ0) is 12.4. The van der Waals surface area contributed by atoms with Crippen LogP contribution in [0, 0.1) is 0 Å². The van der Waals surface area contributed by atoms with Gasteiger partial charge in [-0.05, 0) is 37.4 Å². The number of nitrogens with zero attached hydrogens (tertiary/aromatic N) is 1. The molecule has 1 N–H and O–H groups in total. The van der Waals surface area contributed by atoms with Crippen LogP contribution < -0.4 is 10.2 Å². The molecule has 1 aromatic rings. The summed E-state index contributed by atoms with van der Waals surface area (Å²) in [6.45, 7) is 1.80. The Balaban J connectivity index is 2.25. The number of hydrogen-bond acceptors (Lipinski definition) is 3. The maximum absolute atomic E-state index is 11.9. The highest BCUT2D eigenvalue weighted by molar-refractivity contribution is 7.98. The van der Waals surface area contributed by atoms with E-state index in [2.05, 4.69) is 5.32 Å². The van der Waals surface area contributed by atoms with Gasteiger partial charge in [-0.3, -0.25) is 9.59 Å². The molecule has 0 saturated carbocycles. The first-order valence-electron chi connectivity index (χ1n) is 5.36. The van der Waals surface area contributed by atoms with Crippen LogP contribution in [0.3, 0.4) is 0 Å². The third-order valence-electron chi connectivity index (χ3n) is 2.70. The minimum Gasteiger partial charge on any atom is -0.343 e. The number of piperazine rings is 1. The number of anilines is 1. The van der Waals surface area contributed by atoms with E-state index in [-0.39, 0.29) is 18.4 Å². The van der Waals surface area contributed by atoms with E-state index in [4.69, 9.17) is 0 Å². The third kappa shape index (κ3) is 2.44. The third-order valence-corrected chi connectivity index (χ3v) is 3.44. The van der Waals surface area contributed by atoms with Crippen LogP contribution in [0.1, 0.15) is 6.92 Å². The van der Waals surface area contributed by atoms with Crippen molar-refractivity contribution < 1.29 is 9.59 Å². The Morgan fingerprint density at radius 1 is 1.29 bits per heavy atom. The summed E-state index contributed by atoms with van der Waals surface area (Å²) in [6.07, 6.45) is 2.00. The van der Waals surface area contributed by atoms with Crippen molar-refractivity contribution in [2.45, 2.75) is 17.9 Å². The second-order valence-corrected chi connectivity index (χ2v) is 4.79. The highest BCUT2D eigenvalue weighted by Crippen LogP contribution is 2.22. The van der Waals surface area contributed by atoms with Crippen LogP contribution >= 0.6 is 11.8 Å². The highest BCUT2D eigenvalue weighted by atomic mass is 32.2. The smallest absolute Gasteiger partial charge is 0.249 e. The van der Waals surface area contributed by atoms with Crippen molar-refractivity contribution in [3.05, 3.63) is 24.3 Å². The molecule has 2 amide bonds. The molecule has 4 nitrogen and oxygen atoms in total. The topological polar surface area (TPSA) is 49.4 Å². The van der Waals surface area contributed by atoms with Crippen LogP contribution in [0.5, 0.6) is 0 Å². The molecular weight excluding hydrogens is 236 g/mol. The summed E-state index contributed by atoms with van der Waals surface area (Å²) >= 11 is 1.64. The van der Waals surface area contributed by atoms with E-state index in [9.17, 15) is 9.59 Å². The number of carbonyl (C=O) groups is 2. The average Bonchev–Trinajstić information content (AvgIpc) is 2.34. The number of thioether (sulfide) groups is 1. The summed E-state index contributed by atoms with van der Waals surface area (Å²) < 4.78 is 0. The molecule has 1 heterocycles. The van der Waals surface area contributed by atoms with Gasteiger partial charge in [-0.2, -0.15) is 0 Å². The van der Waals surface area contributed by atoms with Crippen molar-refractivity contribution in [1.82, 2.24) is 5.32 Å². The van der Waals surface area contributed by atoms with E-state index in [0.717, 1.165) is 10.6 Å². The molecule has 0 aliphatic carbocycles. The zero-order valence-corrected chi connectivity index (χ0v) is 10.6. The summed E-state index contributed by atoms with van der Waals surface area (Å²) in [4.78, 5) is 26.0. The minimum absolute atomic E-state index is 0.0681. The highest BCUT2D eigenvalue weighted by Gasteiger charge is 2.30. The Morgan fingerprint density at radius 3 is 2.53 bits per heavy atom. The first kappa shape index (κ1) is 12.0. The van der Waals surface area contributed by atoms with E-state index in [0.29, 0.717) is 0 Å². The first-order valence-corrected chi connectivity index (χ1v) is 6.59. The first-order chi connectivity index (χ1) is 8.11. The number of hydrogen-bond donors (Lipinski definition) is 1. The molecular formula is C12H14N2O2S. The van der Waals surface area contributed by atoms with Gasteiger partial charge >= 0.3 is 0 Å². The van der Waals surface area contributed by atoms with Crippen molar-refractivity contribution >= 4 is 29.3 Å². The molecule has 17 heavy (non-hydrogen) atoms. The van der Waals surface area contributed by atoms with Gasteiger partial charge < -0.3 is 10.2 Å². The fourth-order valence-corrected chi connectivity index (χ4v) is 2.19. The van der Waals surface area contributed by atoms with Gasteiger partial charge in [-0.15, -0.1) is 11.8 Å². The second kappa shape index (κ2) is 4.79. The number of carbonyl (C=O) groups excluding carboxylic acids is 2. The molecule has 0 spiro atoms. The Morgan fingerprint density at radius 2 is 1.94 bits per heavy atom. The van der Waals surface area contributed by atoms with E-state index in [1.807, 2.05) is 30.5 Å². The van der Waals surface area contributed by atoms with Gasteiger partial charge in [0.05, 0.1) is 0 Å². The Bertz CT molecular complexity index is 444. The van der Waals surface area contributed by atoms with Crippen LogP contribution in [-0.2, 0) is 9.59 Å². The van der Waals surface area contributed by atoms with Crippen molar-refractivity contribution in [1.29, 1.82) is 0 Å². The Labute approximate surface area is 104 Å². The molecule has 1 atom stereocenters. The normalized spacial score (nSPS) is 20.4. The zero-order valence-electron chi connectivity index (χ0n) is 9.77. The van der Waals surface area contributed by atoms with Gasteiger partial charge in [0.15, 0.2) is 0 Å². The summed E-state index contributed by atoms with van der Waals surface area (Å²) in [6, 6.07) is 7.19. The van der Waals surface area contributed by atoms with Crippen LogP contribution in [-0.4, -0.2) is 30.7 Å². The molecule has 1 unspecified atom stereocenters. The van der Waals surface area contributed by atoms with Gasteiger partial charge in [0.25, 0.3) is 0 Å². The largest absolute Gasteiger partial charge is 0.343 e. The number of benzene rings is 1. The summed E-state index contributed by atoms with van der Waals surface area (Å²) in [7, 11) is 0. The number of rotatable bonds is 2. The summed E-state index contributed by atoms with van der Waals surface area (Å²) in [5.41, 5.74) is 0.773. The van der Waals surface area contributed by atoms with E-state index in [1.54, 1.807) is 18.7 Å². The Hall–Kier alpha value is -1.49. The van der Waals surface area contributed by atoms with Crippen LogP contribution in [0.4, 0.5) is 5.69 Å². The summed E-state index contributed by atoms with van der Waals surface area (Å²) in [5.74, 6) is -0.187. The van der Waals surface area contributed by atoms with E-state index >= 15 is 0 Å². The van der Waals surface area contributed by atoms with Gasteiger partial charge in [-0.1, -0.05) is 0 Å². The predicted octanol–water partition coefficient (Wildman–Crippen LogP) is 1.26. The molecule has 1 aliphatic heterocycles. The minimum atomic E-state index is -0.448. The standard InChI is InChI=1S/C12H14N2O2S/c1-8-12(16)14(7-11(15)13-8)9-3-5-10(17-2)6-4-9/h3-6,8H,7H2,1-2H3,(H,13,15). The molecule has 2 rings (SSSR count). The predicted molar refractivity (Wildman–Crippen MR) is 68.2 cm³/mol. The van der Waals surface area contributed by atoms with Crippen molar-refractivity contribution in [2.75, 3.05) is 17.7 Å². The molecule has 0 aromatic heterocycles. The molecule has 1 fully saturated rings. The van der Waals surface area contributed by atoms with E-state index < -0.39 is 6.04 Å². The van der Waals surface area contributed by atoms with Crippen LogP contribution in [0.2, 0.25) is 0 Å². The van der Waals surface area contributed by atoms with Crippen LogP contribution in [0.25, 0.3) is 0 Å². The number of nitrogens with one attached hydrogen (secondary N) is 1. The molecule has 5 heteroatoms. The lowest BCUT2D eigenvalue weighted by Gasteiger charge is -2.30. The fraction of sp³-hybridized carbons (Fsp3) is 0.333. The summed E-state index contributed by atoms with van der Waals surface area (Å²) in [5, 5.41) is 2.62. The van der Waals surface area contributed by atoms with Gasteiger partial charge in [0.2, 0.25) is 11.8 Å². The maximum Gasteiger partial charge on any atom is 0.249 e. The lowest BCUT2D eigenvalue weighted by atomic mass is 10.2. The average molecular weight is 250 g/mol. The number of amides is 2. The molecule has 1 aliphatic rings. The SMILES string of the molecule is CSc1ccc(N2CC(=O)NC(C)C2=O)cc1. The van der Waals surface area contributed by atoms with Crippen molar-refractivity contribution in [2.24, 2.45) is 0 Å². The molecule has 0 radical (unpaired) electrons. The van der Waals surface area contributed by atoms with Crippen molar-refractivity contribution in [3.63, 3.8) is 0 Å². The lowest BCUT2D eigenvalue weighted by molar-refractivity contribution is -0.130. The molecule has 1 aromatic carbocycles. The van der Waals surface area contributed by atoms with Gasteiger partial charge in [0, 0.05) is 10.6 Å². The van der Waals surface area contributed by atoms with Crippen molar-refractivity contribution in [3.8, 4) is 0 Å². The fourth-order valence-electron chi connectivity index (χ4n) is 1.78. The Kier molecular flexibility index (Phi) is 3.38. The van der Waals surface area contributed by atoms with E-state index in [1.165, 1.54) is 4.90 Å².